The highest BCUT2D eigenvalue weighted by molar-refractivity contribution is 5.29. The molecule has 0 N–H and O–H groups in total. The third-order valence-corrected chi connectivity index (χ3v) is 7.29. The van der Waals surface area contributed by atoms with Gasteiger partial charge in [-0.3, -0.25) is 9.80 Å². The minimum absolute atomic E-state index is 0.123. The van der Waals surface area contributed by atoms with Gasteiger partial charge in [0, 0.05) is 32.2 Å². The van der Waals surface area contributed by atoms with E-state index in [0.29, 0.717) is 6.54 Å². The molecule has 2 aliphatic rings. The van der Waals surface area contributed by atoms with Gasteiger partial charge in [0.2, 0.25) is 0 Å². The zero-order chi connectivity index (χ0) is 23.3. The van der Waals surface area contributed by atoms with Crippen molar-refractivity contribution in [1.29, 1.82) is 0 Å². The van der Waals surface area contributed by atoms with Crippen LogP contribution in [-0.4, -0.2) is 69.3 Å². The molecule has 2 aromatic carbocycles. The molecule has 0 bridgehead atoms. The molecular weight excluding hydrogens is 431 g/mol. The van der Waals surface area contributed by atoms with Crippen LogP contribution in [0.25, 0.3) is 0 Å². The number of halogens is 1. The third kappa shape index (κ3) is 5.13. The van der Waals surface area contributed by atoms with Crippen molar-refractivity contribution in [2.75, 3.05) is 33.3 Å². The number of ether oxygens (including phenoxy) is 1. The Hall–Kier alpha value is -2.84. The number of piperazine rings is 1. The van der Waals surface area contributed by atoms with E-state index < -0.39 is 0 Å². The molecule has 1 atom stereocenters. The first-order valence-corrected chi connectivity index (χ1v) is 12.3. The monoisotopic (exact) mass is 464 g/mol. The van der Waals surface area contributed by atoms with Gasteiger partial charge in [-0.1, -0.05) is 43.5 Å². The van der Waals surface area contributed by atoms with Gasteiger partial charge >= 0.3 is 0 Å². The quantitative estimate of drug-likeness (QED) is 0.529. The zero-order valence-corrected chi connectivity index (χ0v) is 19.8. The lowest BCUT2D eigenvalue weighted by Gasteiger charge is -2.43. The second-order valence-corrected chi connectivity index (χ2v) is 9.36. The SMILES string of the molecule is COc1ccc(Cn2nnnc2[C@H](c2ccc(F)cc2)N2CCN(C3CCCCC3)CC2)cc1. The lowest BCUT2D eigenvalue weighted by atomic mass is 9.93. The van der Waals surface area contributed by atoms with Crippen molar-refractivity contribution in [3.63, 3.8) is 0 Å². The lowest BCUT2D eigenvalue weighted by molar-refractivity contribution is 0.0620. The average molecular weight is 465 g/mol. The fourth-order valence-corrected chi connectivity index (χ4v) is 5.40. The topological polar surface area (TPSA) is 59.3 Å². The maximum absolute atomic E-state index is 13.7. The van der Waals surface area contributed by atoms with E-state index in [4.69, 9.17) is 4.74 Å². The van der Waals surface area contributed by atoms with E-state index in [9.17, 15) is 4.39 Å². The Morgan fingerprint density at radius 2 is 1.65 bits per heavy atom. The molecule has 1 aliphatic carbocycles. The lowest BCUT2D eigenvalue weighted by Crippen LogP contribution is -2.52. The Morgan fingerprint density at radius 3 is 2.32 bits per heavy atom. The first-order chi connectivity index (χ1) is 16.7. The largest absolute Gasteiger partial charge is 0.497 e. The van der Waals surface area contributed by atoms with Crippen molar-refractivity contribution in [1.82, 2.24) is 30.0 Å². The zero-order valence-electron chi connectivity index (χ0n) is 19.8. The molecule has 180 valence electrons. The highest BCUT2D eigenvalue weighted by Gasteiger charge is 2.32. The van der Waals surface area contributed by atoms with E-state index in [1.54, 1.807) is 7.11 Å². The van der Waals surface area contributed by atoms with Crippen LogP contribution in [0.15, 0.2) is 48.5 Å². The van der Waals surface area contributed by atoms with Gasteiger partial charge in [-0.25, -0.2) is 9.07 Å². The second kappa shape index (κ2) is 10.6. The van der Waals surface area contributed by atoms with Crippen LogP contribution in [0, 0.1) is 5.82 Å². The molecule has 8 heteroatoms. The van der Waals surface area contributed by atoms with Crippen molar-refractivity contribution in [2.24, 2.45) is 0 Å². The first kappa shape index (κ1) is 22.9. The molecule has 34 heavy (non-hydrogen) atoms. The molecule has 3 aromatic rings. The molecule has 0 spiro atoms. The van der Waals surface area contributed by atoms with E-state index >= 15 is 0 Å². The summed E-state index contributed by atoms with van der Waals surface area (Å²) in [5.74, 6) is 1.37. The standard InChI is InChI=1S/C26H33FN6O/c1-34-24-13-7-20(8-14-24)19-33-26(28-29-30-33)25(21-9-11-22(27)12-10-21)32-17-15-31(16-18-32)23-5-3-2-4-6-23/h7-14,23,25H,2-6,15-19H2,1H3/t25-/m0/s1. The Labute approximate surface area is 200 Å². The second-order valence-electron chi connectivity index (χ2n) is 9.36. The van der Waals surface area contributed by atoms with E-state index in [2.05, 4.69) is 25.3 Å². The van der Waals surface area contributed by atoms with E-state index in [1.165, 1.54) is 44.2 Å². The number of methoxy groups -OCH3 is 1. The number of hydrogen-bond donors (Lipinski definition) is 0. The highest BCUT2D eigenvalue weighted by Crippen LogP contribution is 2.30. The minimum Gasteiger partial charge on any atom is -0.497 e. The van der Waals surface area contributed by atoms with Crippen LogP contribution >= 0.6 is 0 Å². The van der Waals surface area contributed by atoms with Crippen LogP contribution in [-0.2, 0) is 6.54 Å². The van der Waals surface area contributed by atoms with E-state index in [1.807, 2.05) is 41.1 Å². The van der Waals surface area contributed by atoms with Gasteiger partial charge in [-0.05, 0) is 58.7 Å². The van der Waals surface area contributed by atoms with Crippen molar-refractivity contribution in [3.05, 3.63) is 71.3 Å². The molecule has 1 aliphatic heterocycles. The molecule has 0 amide bonds. The summed E-state index contributed by atoms with van der Waals surface area (Å²) >= 11 is 0. The van der Waals surface area contributed by atoms with Gasteiger partial charge in [-0.15, -0.1) is 5.10 Å². The molecule has 1 saturated carbocycles. The summed E-state index contributed by atoms with van der Waals surface area (Å²) < 4.78 is 20.9. The molecule has 1 saturated heterocycles. The number of benzene rings is 2. The van der Waals surface area contributed by atoms with Crippen LogP contribution in [0.1, 0.15) is 55.1 Å². The summed E-state index contributed by atoms with van der Waals surface area (Å²) in [7, 11) is 1.66. The van der Waals surface area contributed by atoms with Gasteiger partial charge in [0.15, 0.2) is 5.82 Å². The fraction of sp³-hybridized carbons (Fsp3) is 0.500. The Morgan fingerprint density at radius 1 is 0.941 bits per heavy atom. The fourth-order valence-electron chi connectivity index (χ4n) is 5.40. The minimum atomic E-state index is -0.234. The van der Waals surface area contributed by atoms with Crippen LogP contribution in [0.3, 0.4) is 0 Å². The summed E-state index contributed by atoms with van der Waals surface area (Å²) in [6, 6.07) is 15.3. The number of nitrogens with zero attached hydrogens (tertiary/aromatic N) is 6. The molecule has 7 nitrogen and oxygen atoms in total. The number of aromatic nitrogens is 4. The predicted octanol–water partition coefficient (Wildman–Crippen LogP) is 3.91. The van der Waals surface area contributed by atoms with Gasteiger partial charge in [-0.2, -0.15) is 0 Å². The van der Waals surface area contributed by atoms with E-state index in [-0.39, 0.29) is 11.9 Å². The molecule has 0 unspecified atom stereocenters. The molecule has 0 radical (unpaired) electrons. The van der Waals surface area contributed by atoms with Gasteiger partial charge in [0.1, 0.15) is 11.6 Å². The van der Waals surface area contributed by atoms with Crippen molar-refractivity contribution in [3.8, 4) is 5.75 Å². The number of tetrazole rings is 1. The summed E-state index contributed by atoms with van der Waals surface area (Å²) in [6.45, 7) is 4.53. The van der Waals surface area contributed by atoms with Gasteiger partial charge in [0.25, 0.3) is 0 Å². The van der Waals surface area contributed by atoms with Crippen molar-refractivity contribution in [2.45, 2.75) is 50.7 Å². The predicted molar refractivity (Wildman–Crippen MR) is 128 cm³/mol. The Bertz CT molecular complexity index is 1040. The normalized spacial score (nSPS) is 19.2. The Kier molecular flexibility index (Phi) is 7.16. The van der Waals surface area contributed by atoms with Crippen LogP contribution in [0.4, 0.5) is 4.39 Å². The van der Waals surface area contributed by atoms with Gasteiger partial charge < -0.3 is 4.74 Å². The van der Waals surface area contributed by atoms with Crippen molar-refractivity contribution >= 4 is 0 Å². The van der Waals surface area contributed by atoms with E-state index in [0.717, 1.165) is 54.9 Å². The number of rotatable bonds is 7. The van der Waals surface area contributed by atoms with Crippen molar-refractivity contribution < 1.29 is 9.13 Å². The summed E-state index contributed by atoms with van der Waals surface area (Å²) in [5, 5.41) is 12.8. The smallest absolute Gasteiger partial charge is 0.173 e. The molecule has 5 rings (SSSR count). The van der Waals surface area contributed by atoms with Crippen LogP contribution in [0.2, 0.25) is 0 Å². The van der Waals surface area contributed by atoms with Crippen LogP contribution in [0.5, 0.6) is 5.75 Å². The van der Waals surface area contributed by atoms with Crippen LogP contribution < -0.4 is 4.74 Å². The Balaban J connectivity index is 1.38. The third-order valence-electron chi connectivity index (χ3n) is 7.29. The maximum Gasteiger partial charge on any atom is 0.173 e. The summed E-state index contributed by atoms with van der Waals surface area (Å²) in [4.78, 5) is 5.11. The molecule has 1 aromatic heterocycles. The van der Waals surface area contributed by atoms with Gasteiger partial charge in [0.05, 0.1) is 19.7 Å². The molecule has 2 fully saturated rings. The first-order valence-electron chi connectivity index (χ1n) is 12.3. The molecule has 2 heterocycles. The highest BCUT2D eigenvalue weighted by atomic mass is 19.1. The average Bonchev–Trinajstić information content (AvgIpc) is 3.34. The molecular formula is C26H33FN6O. The number of hydrogen-bond acceptors (Lipinski definition) is 6. The maximum atomic E-state index is 13.7. The summed E-state index contributed by atoms with van der Waals surface area (Å²) in [5.41, 5.74) is 2.10. The summed E-state index contributed by atoms with van der Waals surface area (Å²) in [6.07, 6.45) is 6.72.